The van der Waals surface area contributed by atoms with Crippen molar-refractivity contribution in [3.8, 4) is 0 Å². The van der Waals surface area contributed by atoms with Crippen LogP contribution in [0.25, 0.3) is 0 Å². The van der Waals surface area contributed by atoms with Crippen molar-refractivity contribution in [2.45, 2.75) is 47.5 Å². The summed E-state index contributed by atoms with van der Waals surface area (Å²) in [7, 11) is 0. The van der Waals surface area contributed by atoms with E-state index in [2.05, 4.69) is 20.8 Å². The third kappa shape index (κ3) is 2.37. The van der Waals surface area contributed by atoms with Crippen LogP contribution in [0, 0.1) is 11.3 Å². The second-order valence-electron chi connectivity index (χ2n) is 5.58. The van der Waals surface area contributed by atoms with Gasteiger partial charge in [0.1, 0.15) is 0 Å². The summed E-state index contributed by atoms with van der Waals surface area (Å²) < 4.78 is 0. The summed E-state index contributed by atoms with van der Waals surface area (Å²) in [6.45, 7) is 10.5. The Bertz CT molecular complexity index is 355. The number of carbonyl (C=O) groups is 1. The third-order valence-corrected chi connectivity index (χ3v) is 3.77. The van der Waals surface area contributed by atoms with E-state index in [-0.39, 0.29) is 5.41 Å². The number of carboxylic acid groups (broad SMARTS) is 1. The van der Waals surface area contributed by atoms with Gasteiger partial charge in [0.15, 0.2) is 0 Å². The number of hydrogen-bond donors (Lipinski definition) is 1. The van der Waals surface area contributed by atoms with E-state index in [4.69, 9.17) is 0 Å². The molecule has 0 saturated carbocycles. The quantitative estimate of drug-likeness (QED) is 0.771. The molecule has 0 aromatic carbocycles. The van der Waals surface area contributed by atoms with E-state index in [1.807, 2.05) is 19.9 Å². The lowest BCUT2D eigenvalue weighted by molar-refractivity contribution is -0.133. The summed E-state index contributed by atoms with van der Waals surface area (Å²) in [5.41, 5.74) is 2.74. The Morgan fingerprint density at radius 1 is 1.44 bits per heavy atom. The Balaban J connectivity index is 3.34. The van der Waals surface area contributed by atoms with Gasteiger partial charge in [0, 0.05) is 5.57 Å². The van der Waals surface area contributed by atoms with Gasteiger partial charge >= 0.3 is 5.97 Å². The molecule has 1 N–H and O–H groups in total. The molecular weight excluding hydrogens is 200 g/mol. The Hall–Kier alpha value is -1.05. The highest BCUT2D eigenvalue weighted by molar-refractivity contribution is 5.88. The first-order valence-corrected chi connectivity index (χ1v) is 5.88. The maximum atomic E-state index is 11.3. The van der Waals surface area contributed by atoms with Gasteiger partial charge in [-0.05, 0) is 43.6 Å². The highest BCUT2D eigenvalue weighted by atomic mass is 16.4. The summed E-state index contributed by atoms with van der Waals surface area (Å²) in [5, 5.41) is 9.25. The third-order valence-electron chi connectivity index (χ3n) is 3.77. The first-order valence-electron chi connectivity index (χ1n) is 5.88. The Kier molecular flexibility index (Phi) is 3.61. The van der Waals surface area contributed by atoms with E-state index in [0.29, 0.717) is 17.9 Å². The molecule has 0 heterocycles. The molecule has 0 amide bonds. The minimum atomic E-state index is -0.757. The van der Waals surface area contributed by atoms with Gasteiger partial charge in [0.05, 0.1) is 0 Å². The van der Waals surface area contributed by atoms with Crippen LogP contribution in [-0.4, -0.2) is 11.1 Å². The second-order valence-corrected chi connectivity index (χ2v) is 5.58. The number of allylic oxidation sites excluding steroid dienone is 3. The average molecular weight is 222 g/mol. The molecule has 16 heavy (non-hydrogen) atoms. The molecule has 1 aliphatic rings. The lowest BCUT2D eigenvalue weighted by Crippen LogP contribution is -2.30. The van der Waals surface area contributed by atoms with Gasteiger partial charge in [-0.3, -0.25) is 0 Å². The molecule has 0 radical (unpaired) electrons. The van der Waals surface area contributed by atoms with E-state index in [1.165, 1.54) is 0 Å². The number of carboxylic acids is 1. The van der Waals surface area contributed by atoms with E-state index in [1.54, 1.807) is 0 Å². The Labute approximate surface area is 98.1 Å². The molecular formula is C14H22O2. The fourth-order valence-corrected chi connectivity index (χ4v) is 2.29. The smallest absolute Gasteiger partial charge is 0.331 e. The average Bonchev–Trinajstić information content (AvgIpc) is 2.12. The van der Waals surface area contributed by atoms with Crippen LogP contribution in [0.5, 0.6) is 0 Å². The van der Waals surface area contributed by atoms with Crippen molar-refractivity contribution in [1.82, 2.24) is 0 Å². The molecule has 0 bridgehead atoms. The summed E-state index contributed by atoms with van der Waals surface area (Å²) in [6, 6.07) is 0. The molecule has 1 unspecified atom stereocenters. The largest absolute Gasteiger partial charge is 0.478 e. The highest BCUT2D eigenvalue weighted by Crippen LogP contribution is 2.45. The van der Waals surface area contributed by atoms with Gasteiger partial charge < -0.3 is 5.11 Å². The molecule has 0 saturated heterocycles. The predicted octanol–water partition coefficient (Wildman–Crippen LogP) is 3.79. The monoisotopic (exact) mass is 222 g/mol. The van der Waals surface area contributed by atoms with Crippen molar-refractivity contribution in [2.24, 2.45) is 11.3 Å². The summed E-state index contributed by atoms with van der Waals surface area (Å²) in [5.74, 6) is -0.228. The van der Waals surface area contributed by atoms with Crippen LogP contribution >= 0.6 is 0 Å². The van der Waals surface area contributed by atoms with Crippen molar-refractivity contribution in [3.63, 3.8) is 0 Å². The maximum Gasteiger partial charge on any atom is 0.331 e. The van der Waals surface area contributed by atoms with Gasteiger partial charge in [-0.25, -0.2) is 4.79 Å². The molecule has 1 atom stereocenters. The molecule has 2 heteroatoms. The van der Waals surface area contributed by atoms with Crippen LogP contribution in [0.1, 0.15) is 47.5 Å². The van der Waals surface area contributed by atoms with Crippen molar-refractivity contribution in [1.29, 1.82) is 0 Å². The van der Waals surface area contributed by atoms with E-state index >= 15 is 0 Å². The lowest BCUT2D eigenvalue weighted by Gasteiger charge is -2.38. The minimum absolute atomic E-state index is 0.0384. The van der Waals surface area contributed by atoms with Crippen LogP contribution in [0.2, 0.25) is 0 Å². The normalized spacial score (nSPS) is 24.2. The molecule has 0 spiro atoms. The van der Waals surface area contributed by atoms with Crippen LogP contribution in [0.3, 0.4) is 0 Å². The first kappa shape index (κ1) is 13.0. The van der Waals surface area contributed by atoms with Crippen LogP contribution in [-0.2, 0) is 4.79 Å². The standard InChI is InChI=1S/C14H22O2/c1-9(2)8-12-11(13(15)16)7-6-10(3)14(12,4)5/h8,10H,6-7H2,1-5H3,(H,15,16). The summed E-state index contributed by atoms with van der Waals surface area (Å²) in [4.78, 5) is 11.3. The zero-order valence-electron chi connectivity index (χ0n) is 10.9. The minimum Gasteiger partial charge on any atom is -0.478 e. The van der Waals surface area contributed by atoms with Gasteiger partial charge in [-0.15, -0.1) is 0 Å². The number of rotatable bonds is 2. The van der Waals surface area contributed by atoms with Gasteiger partial charge in [0.25, 0.3) is 0 Å². The number of aliphatic carboxylic acids is 1. The van der Waals surface area contributed by atoms with Crippen molar-refractivity contribution in [3.05, 3.63) is 22.8 Å². The predicted molar refractivity (Wildman–Crippen MR) is 66.3 cm³/mol. The molecule has 0 aromatic rings. The highest BCUT2D eigenvalue weighted by Gasteiger charge is 2.36. The lowest BCUT2D eigenvalue weighted by atomic mass is 9.65. The molecule has 0 aromatic heterocycles. The second kappa shape index (κ2) is 4.44. The van der Waals surface area contributed by atoms with Crippen molar-refractivity contribution < 1.29 is 9.90 Å². The molecule has 2 nitrogen and oxygen atoms in total. The molecule has 90 valence electrons. The van der Waals surface area contributed by atoms with E-state index in [0.717, 1.165) is 17.6 Å². The number of hydrogen-bond acceptors (Lipinski definition) is 1. The zero-order valence-corrected chi connectivity index (χ0v) is 10.9. The van der Waals surface area contributed by atoms with Crippen molar-refractivity contribution in [2.75, 3.05) is 0 Å². The maximum absolute atomic E-state index is 11.3. The van der Waals surface area contributed by atoms with Crippen molar-refractivity contribution >= 4 is 5.97 Å². The van der Waals surface area contributed by atoms with Crippen LogP contribution in [0.4, 0.5) is 0 Å². The summed E-state index contributed by atoms with van der Waals surface area (Å²) in [6.07, 6.45) is 3.70. The topological polar surface area (TPSA) is 37.3 Å². The molecule has 1 rings (SSSR count). The zero-order chi connectivity index (χ0) is 12.5. The summed E-state index contributed by atoms with van der Waals surface area (Å²) >= 11 is 0. The van der Waals surface area contributed by atoms with Gasteiger partial charge in [-0.1, -0.05) is 32.4 Å². The van der Waals surface area contributed by atoms with Crippen LogP contribution in [0.15, 0.2) is 22.8 Å². The van der Waals surface area contributed by atoms with Gasteiger partial charge in [-0.2, -0.15) is 0 Å². The molecule has 0 fully saturated rings. The Morgan fingerprint density at radius 3 is 2.44 bits per heavy atom. The Morgan fingerprint density at radius 2 is 2.00 bits per heavy atom. The fraction of sp³-hybridized carbons (Fsp3) is 0.643. The first-order chi connectivity index (χ1) is 7.26. The molecule has 1 aliphatic carbocycles. The van der Waals surface area contributed by atoms with Gasteiger partial charge in [0.2, 0.25) is 0 Å². The SMILES string of the molecule is CC(C)=CC1=C(C(=O)O)CCC(C)C1(C)C. The van der Waals surface area contributed by atoms with Crippen LogP contribution < -0.4 is 0 Å². The van der Waals surface area contributed by atoms with E-state index < -0.39 is 5.97 Å². The fourth-order valence-electron chi connectivity index (χ4n) is 2.29. The van der Waals surface area contributed by atoms with E-state index in [9.17, 15) is 9.90 Å². The molecule has 0 aliphatic heterocycles.